The molecule has 2 heterocycles. The van der Waals surface area contributed by atoms with E-state index in [4.69, 9.17) is 21.1 Å². The maximum absolute atomic E-state index is 5.96. The summed E-state index contributed by atoms with van der Waals surface area (Å²) in [6.45, 7) is 6.39. The van der Waals surface area contributed by atoms with Crippen molar-refractivity contribution >= 4 is 17.5 Å². The van der Waals surface area contributed by atoms with Crippen LogP contribution in [0.3, 0.4) is 0 Å². The molecule has 0 aliphatic carbocycles. The molecule has 0 aromatic carbocycles. The second kappa shape index (κ2) is 7.04. The minimum absolute atomic E-state index is 0.00362. The Kier molecular flexibility index (Phi) is 5.37. The van der Waals surface area contributed by atoms with Crippen molar-refractivity contribution < 1.29 is 9.47 Å². The molecule has 1 atom stereocenters. The predicted molar refractivity (Wildman–Crippen MR) is 77.4 cm³/mol. The highest BCUT2D eigenvalue weighted by molar-refractivity contribution is 6.28. The molecule has 1 aromatic heterocycles. The molecule has 1 unspecified atom stereocenters. The molecule has 1 saturated heterocycles. The number of hydrogen-bond donors (Lipinski definition) is 0. The van der Waals surface area contributed by atoms with Crippen LogP contribution in [0.5, 0.6) is 6.01 Å². The molecule has 0 bridgehead atoms. The fourth-order valence-corrected chi connectivity index (χ4v) is 2.49. The zero-order valence-corrected chi connectivity index (χ0v) is 12.9. The van der Waals surface area contributed by atoms with E-state index in [0.29, 0.717) is 11.9 Å². The summed E-state index contributed by atoms with van der Waals surface area (Å²) < 4.78 is 10.7. The van der Waals surface area contributed by atoms with Crippen LogP contribution < -0.4 is 9.64 Å². The number of halogens is 1. The van der Waals surface area contributed by atoms with E-state index in [1.807, 2.05) is 13.8 Å². The first-order chi connectivity index (χ1) is 9.58. The van der Waals surface area contributed by atoms with E-state index in [9.17, 15) is 0 Å². The smallest absolute Gasteiger partial charge is 0.322 e. The molecule has 20 heavy (non-hydrogen) atoms. The van der Waals surface area contributed by atoms with E-state index in [1.54, 1.807) is 7.11 Å². The first-order valence-corrected chi connectivity index (χ1v) is 7.28. The van der Waals surface area contributed by atoms with Gasteiger partial charge in [-0.15, -0.1) is 0 Å². The highest BCUT2D eigenvalue weighted by Gasteiger charge is 2.23. The lowest BCUT2D eigenvalue weighted by atomic mass is 9.99. The molecule has 0 N–H and O–H groups in total. The van der Waals surface area contributed by atoms with Gasteiger partial charge in [0.05, 0.1) is 12.7 Å². The lowest BCUT2D eigenvalue weighted by Crippen LogP contribution is -2.38. The normalized spacial score (nSPS) is 19.4. The van der Waals surface area contributed by atoms with Gasteiger partial charge < -0.3 is 14.4 Å². The van der Waals surface area contributed by atoms with Gasteiger partial charge in [-0.2, -0.15) is 15.0 Å². The van der Waals surface area contributed by atoms with E-state index in [2.05, 4.69) is 19.9 Å². The average molecular weight is 301 g/mol. The molecule has 112 valence electrons. The Morgan fingerprint density at radius 3 is 2.85 bits per heavy atom. The molecule has 1 aromatic rings. The van der Waals surface area contributed by atoms with Gasteiger partial charge in [-0.25, -0.2) is 0 Å². The van der Waals surface area contributed by atoms with Crippen molar-refractivity contribution in [1.82, 2.24) is 15.0 Å². The van der Waals surface area contributed by atoms with Gasteiger partial charge in [-0.3, -0.25) is 0 Å². The standard InChI is InChI=1S/C13H21ClN4O2/c1-9(2)20-13-16-11(14)15-12(17-13)18-6-4-5-10(7-18)8-19-3/h9-10H,4-8H2,1-3H3. The molecule has 0 spiro atoms. The molecule has 7 heteroatoms. The maximum Gasteiger partial charge on any atom is 0.322 e. The third kappa shape index (κ3) is 4.18. The minimum atomic E-state index is 0.00362. The van der Waals surface area contributed by atoms with Gasteiger partial charge in [0.1, 0.15) is 0 Å². The van der Waals surface area contributed by atoms with Crippen LogP contribution in [0.1, 0.15) is 26.7 Å². The Labute approximate surface area is 124 Å². The maximum atomic E-state index is 5.96. The van der Waals surface area contributed by atoms with Crippen LogP contribution in [0, 0.1) is 5.92 Å². The van der Waals surface area contributed by atoms with Crippen molar-refractivity contribution in [2.45, 2.75) is 32.8 Å². The highest BCUT2D eigenvalue weighted by Crippen LogP contribution is 2.23. The Bertz CT molecular complexity index is 442. The summed E-state index contributed by atoms with van der Waals surface area (Å²) in [4.78, 5) is 14.7. The lowest BCUT2D eigenvalue weighted by molar-refractivity contribution is 0.143. The molecule has 2 rings (SSSR count). The first-order valence-electron chi connectivity index (χ1n) is 6.90. The second-order valence-electron chi connectivity index (χ2n) is 5.26. The number of hydrogen-bond acceptors (Lipinski definition) is 6. The molecule has 1 fully saturated rings. The Morgan fingerprint density at radius 2 is 2.15 bits per heavy atom. The van der Waals surface area contributed by atoms with Crippen molar-refractivity contribution in [3.8, 4) is 6.01 Å². The van der Waals surface area contributed by atoms with Crippen LogP contribution in [0.15, 0.2) is 0 Å². The van der Waals surface area contributed by atoms with Crippen molar-refractivity contribution in [3.63, 3.8) is 0 Å². The number of ether oxygens (including phenoxy) is 2. The fourth-order valence-electron chi connectivity index (χ4n) is 2.35. The predicted octanol–water partition coefficient (Wildman–Crippen LogP) is 2.17. The van der Waals surface area contributed by atoms with Crippen molar-refractivity contribution in [2.24, 2.45) is 5.92 Å². The van der Waals surface area contributed by atoms with Gasteiger partial charge in [-0.05, 0) is 44.2 Å². The zero-order chi connectivity index (χ0) is 14.5. The molecule has 1 aliphatic heterocycles. The first kappa shape index (κ1) is 15.3. The third-order valence-electron chi connectivity index (χ3n) is 3.12. The number of rotatable bonds is 5. The van der Waals surface area contributed by atoms with Crippen molar-refractivity contribution in [1.29, 1.82) is 0 Å². The van der Waals surface area contributed by atoms with Gasteiger partial charge in [0.2, 0.25) is 11.2 Å². The largest absolute Gasteiger partial charge is 0.461 e. The van der Waals surface area contributed by atoms with E-state index >= 15 is 0 Å². The summed E-state index contributed by atoms with van der Waals surface area (Å²) in [5.74, 6) is 1.08. The molecular formula is C13H21ClN4O2. The number of methoxy groups -OCH3 is 1. The average Bonchev–Trinajstić information content (AvgIpc) is 2.38. The second-order valence-corrected chi connectivity index (χ2v) is 5.60. The molecule has 0 radical (unpaired) electrons. The van der Waals surface area contributed by atoms with E-state index in [1.165, 1.54) is 6.42 Å². The summed E-state index contributed by atoms with van der Waals surface area (Å²) in [7, 11) is 1.73. The Balaban J connectivity index is 2.12. The summed E-state index contributed by atoms with van der Waals surface area (Å²) in [6, 6.07) is 0.281. The highest BCUT2D eigenvalue weighted by atomic mass is 35.5. The van der Waals surface area contributed by atoms with E-state index < -0.39 is 0 Å². The van der Waals surface area contributed by atoms with Crippen LogP contribution in [0.4, 0.5) is 5.95 Å². The van der Waals surface area contributed by atoms with E-state index in [-0.39, 0.29) is 17.4 Å². The third-order valence-corrected chi connectivity index (χ3v) is 3.29. The quantitative estimate of drug-likeness (QED) is 0.830. The molecule has 1 aliphatic rings. The summed E-state index contributed by atoms with van der Waals surface area (Å²) in [5, 5.41) is 0.166. The molecule has 6 nitrogen and oxygen atoms in total. The number of nitrogens with zero attached hydrogens (tertiary/aromatic N) is 4. The fraction of sp³-hybridized carbons (Fsp3) is 0.769. The van der Waals surface area contributed by atoms with Gasteiger partial charge in [0.25, 0.3) is 0 Å². The minimum Gasteiger partial charge on any atom is -0.461 e. The van der Waals surface area contributed by atoms with Crippen LogP contribution in [0.25, 0.3) is 0 Å². The lowest BCUT2D eigenvalue weighted by Gasteiger charge is -2.32. The van der Waals surface area contributed by atoms with Gasteiger partial charge in [0.15, 0.2) is 0 Å². The SMILES string of the molecule is COCC1CCCN(c2nc(Cl)nc(OC(C)C)n2)C1. The Hall–Kier alpha value is -1.14. The van der Waals surface area contributed by atoms with Crippen LogP contribution >= 0.6 is 11.6 Å². The number of piperidine rings is 1. The molecule has 0 amide bonds. The van der Waals surface area contributed by atoms with Gasteiger partial charge in [-0.1, -0.05) is 0 Å². The van der Waals surface area contributed by atoms with Gasteiger partial charge >= 0.3 is 6.01 Å². The molecule has 0 saturated carbocycles. The van der Waals surface area contributed by atoms with Crippen LogP contribution in [0.2, 0.25) is 5.28 Å². The molecular weight excluding hydrogens is 280 g/mol. The van der Waals surface area contributed by atoms with Gasteiger partial charge in [0, 0.05) is 20.2 Å². The number of anilines is 1. The van der Waals surface area contributed by atoms with Crippen molar-refractivity contribution in [3.05, 3.63) is 5.28 Å². The van der Waals surface area contributed by atoms with E-state index in [0.717, 1.165) is 26.1 Å². The summed E-state index contributed by atoms with van der Waals surface area (Å²) in [5.41, 5.74) is 0. The number of aromatic nitrogens is 3. The van der Waals surface area contributed by atoms with Crippen LogP contribution in [-0.2, 0) is 4.74 Å². The summed E-state index contributed by atoms with van der Waals surface area (Å²) >= 11 is 5.96. The van der Waals surface area contributed by atoms with Crippen LogP contribution in [-0.4, -0.2) is 47.9 Å². The topological polar surface area (TPSA) is 60.4 Å². The van der Waals surface area contributed by atoms with Crippen molar-refractivity contribution in [2.75, 3.05) is 31.7 Å². The zero-order valence-electron chi connectivity index (χ0n) is 12.2. The monoisotopic (exact) mass is 300 g/mol. The summed E-state index contributed by atoms with van der Waals surface area (Å²) in [6.07, 6.45) is 2.26. The Morgan fingerprint density at radius 1 is 1.35 bits per heavy atom.